The van der Waals surface area contributed by atoms with Crippen LogP contribution in [0.15, 0.2) is 23.8 Å². The van der Waals surface area contributed by atoms with Gasteiger partial charge in [0.1, 0.15) is 0 Å². The van der Waals surface area contributed by atoms with Gasteiger partial charge in [-0.3, -0.25) is 0 Å². The van der Waals surface area contributed by atoms with Crippen molar-refractivity contribution < 1.29 is 21.7 Å². The molecule has 0 heterocycles. The fraction of sp³-hybridized carbons (Fsp3) is 0.733. The second kappa shape index (κ2) is 7.47. The Morgan fingerprint density at radius 1 is 1.39 bits per heavy atom. The maximum atomic E-state index is 7.19. The van der Waals surface area contributed by atoms with Gasteiger partial charge in [-0.25, -0.2) is 0 Å². The number of rotatable bonds is 6. The van der Waals surface area contributed by atoms with Crippen molar-refractivity contribution in [1.29, 1.82) is 0 Å². The maximum Gasteiger partial charge on any atom is 0.168 e. The molecule has 3 heteroatoms. The van der Waals surface area contributed by atoms with E-state index in [4.69, 9.17) is 11.1 Å². The molecule has 0 fully saturated rings. The van der Waals surface area contributed by atoms with Crippen LogP contribution in [0.2, 0.25) is 16.6 Å². The second-order valence-electron chi connectivity index (χ2n) is 6.07. The van der Waals surface area contributed by atoms with Crippen molar-refractivity contribution in [3.05, 3.63) is 23.8 Å². The van der Waals surface area contributed by atoms with Gasteiger partial charge < -0.3 is 0 Å². The van der Waals surface area contributed by atoms with Crippen LogP contribution in [0, 0.1) is 0 Å². The molecule has 0 saturated heterocycles. The molecule has 102 valence electrons. The van der Waals surface area contributed by atoms with Crippen LogP contribution in [0.3, 0.4) is 0 Å². The van der Waals surface area contributed by atoms with E-state index in [1.54, 1.807) is 5.57 Å². The minimum Gasteiger partial charge on any atom is -0.166 e. The van der Waals surface area contributed by atoms with Crippen LogP contribution in [0.25, 0.3) is 0 Å². The number of unbranched alkanes of at least 4 members (excludes halogenated alkanes) is 1. The number of hydrogen-bond acceptors (Lipinski definition) is 0. The van der Waals surface area contributed by atoms with Gasteiger partial charge in [-0.05, 0) is 23.0 Å². The van der Waals surface area contributed by atoms with E-state index in [1.807, 2.05) is 0 Å². The van der Waals surface area contributed by atoms with Crippen molar-refractivity contribution in [1.82, 2.24) is 0 Å². The summed E-state index contributed by atoms with van der Waals surface area (Å²) in [7, 11) is -1.78. The molecular formula is C15H27ClSiTi. The van der Waals surface area contributed by atoms with Gasteiger partial charge in [0, 0.05) is 21.7 Å². The molecule has 0 aliphatic heterocycles. The van der Waals surface area contributed by atoms with Gasteiger partial charge in [-0.15, -0.1) is 0 Å². The van der Waals surface area contributed by atoms with Crippen molar-refractivity contribution in [2.75, 3.05) is 0 Å². The summed E-state index contributed by atoms with van der Waals surface area (Å²) in [5.74, 6) is 0. The first-order valence-corrected chi connectivity index (χ1v) is 10.2. The van der Waals surface area contributed by atoms with Gasteiger partial charge >= 0.3 is 0 Å². The largest absolute Gasteiger partial charge is 0.168 e. The molecule has 0 nitrogen and oxygen atoms in total. The Morgan fingerprint density at radius 2 is 2.00 bits per heavy atom. The normalized spacial score (nSPS) is 18.5. The van der Waals surface area contributed by atoms with Crippen LogP contribution >= 0.6 is 11.1 Å². The third-order valence-corrected chi connectivity index (χ3v) is 13.0. The van der Waals surface area contributed by atoms with E-state index in [0.29, 0.717) is 5.54 Å². The van der Waals surface area contributed by atoms with Crippen LogP contribution < -0.4 is 0 Å². The summed E-state index contributed by atoms with van der Waals surface area (Å²) in [6, 6.07) is 1.24. The summed E-state index contributed by atoms with van der Waals surface area (Å²) in [4.78, 5) is 0. The van der Waals surface area contributed by atoms with Gasteiger partial charge in [-0.1, -0.05) is 71.3 Å². The zero-order chi connectivity index (χ0) is 13.1. The monoisotopic (exact) mass is 318 g/mol. The summed E-state index contributed by atoms with van der Waals surface area (Å²) >= 11 is 7.19. The fourth-order valence-corrected chi connectivity index (χ4v) is 7.93. The van der Waals surface area contributed by atoms with Crippen molar-refractivity contribution >= 4 is 18.5 Å². The molecule has 0 aromatic carbocycles. The first kappa shape index (κ1) is 18.7. The number of allylic oxidation sites excluding steroid dienone is 4. The standard InChI is InChI=1S/C15H27ClSi.Ti/c1-6-7-12-17(16,13(2)3)15(4,5)14-10-8-9-11-14;/h8-10,13H,6-7,11-12H2,1-5H3;. The molecule has 0 radical (unpaired) electrons. The van der Waals surface area contributed by atoms with E-state index in [-0.39, 0.29) is 26.8 Å². The van der Waals surface area contributed by atoms with E-state index in [0.717, 1.165) is 6.42 Å². The van der Waals surface area contributed by atoms with E-state index in [1.165, 1.54) is 18.9 Å². The van der Waals surface area contributed by atoms with E-state index in [2.05, 4.69) is 52.8 Å². The van der Waals surface area contributed by atoms with Gasteiger partial charge in [0.15, 0.2) is 7.38 Å². The van der Waals surface area contributed by atoms with Gasteiger partial charge in [0.2, 0.25) is 0 Å². The summed E-state index contributed by atoms with van der Waals surface area (Å²) < 4.78 is 0. The van der Waals surface area contributed by atoms with Gasteiger partial charge in [0.05, 0.1) is 0 Å². The summed E-state index contributed by atoms with van der Waals surface area (Å²) in [5.41, 5.74) is 2.18. The molecule has 0 saturated carbocycles. The molecule has 0 N–H and O–H groups in total. The average molecular weight is 319 g/mol. The molecule has 1 atom stereocenters. The zero-order valence-electron chi connectivity index (χ0n) is 12.5. The molecule has 18 heavy (non-hydrogen) atoms. The fourth-order valence-electron chi connectivity index (χ4n) is 2.93. The molecule has 0 aromatic rings. The second-order valence-corrected chi connectivity index (χ2v) is 12.7. The Balaban J connectivity index is 0.00000289. The average Bonchev–Trinajstić information content (AvgIpc) is 2.79. The minimum absolute atomic E-state index is 0. The quantitative estimate of drug-likeness (QED) is 0.413. The zero-order valence-corrected chi connectivity index (χ0v) is 15.8. The molecule has 1 unspecified atom stereocenters. The van der Waals surface area contributed by atoms with Crippen molar-refractivity contribution in [3.8, 4) is 0 Å². The van der Waals surface area contributed by atoms with E-state index in [9.17, 15) is 0 Å². The van der Waals surface area contributed by atoms with Crippen LogP contribution in [0.5, 0.6) is 0 Å². The summed E-state index contributed by atoms with van der Waals surface area (Å²) in [5, 5.41) is 0.210. The summed E-state index contributed by atoms with van der Waals surface area (Å²) in [6.45, 7) is 11.6. The first-order valence-electron chi connectivity index (χ1n) is 6.91. The van der Waals surface area contributed by atoms with Crippen LogP contribution in [0.1, 0.15) is 53.9 Å². The Kier molecular flexibility index (Phi) is 7.77. The number of halogens is 1. The third-order valence-electron chi connectivity index (χ3n) is 4.42. The summed E-state index contributed by atoms with van der Waals surface area (Å²) in [6.07, 6.45) is 10.4. The topological polar surface area (TPSA) is 0 Å². The van der Waals surface area contributed by atoms with Crippen molar-refractivity contribution in [3.63, 3.8) is 0 Å². The molecule has 0 aromatic heterocycles. The SMILES string of the molecule is CCCC[Si](Cl)(C(C)C)C(C)(C)C1=CC=CC1.[Ti]. The molecule has 0 spiro atoms. The van der Waals surface area contributed by atoms with Gasteiger partial charge in [-0.2, -0.15) is 11.1 Å². The van der Waals surface area contributed by atoms with E-state index < -0.39 is 7.38 Å². The Morgan fingerprint density at radius 3 is 2.39 bits per heavy atom. The minimum atomic E-state index is -1.78. The van der Waals surface area contributed by atoms with Crippen LogP contribution in [-0.2, 0) is 21.7 Å². The smallest absolute Gasteiger partial charge is 0.166 e. The van der Waals surface area contributed by atoms with Gasteiger partial charge in [0.25, 0.3) is 0 Å². The van der Waals surface area contributed by atoms with Crippen molar-refractivity contribution in [2.45, 2.75) is 70.5 Å². The molecular weight excluding hydrogens is 292 g/mol. The van der Waals surface area contributed by atoms with Crippen molar-refractivity contribution in [2.24, 2.45) is 0 Å². The van der Waals surface area contributed by atoms with E-state index >= 15 is 0 Å². The predicted molar refractivity (Wildman–Crippen MR) is 82.3 cm³/mol. The maximum absolute atomic E-state index is 7.19. The van der Waals surface area contributed by atoms with Crippen LogP contribution in [-0.4, -0.2) is 7.38 Å². The molecule has 1 rings (SSSR count). The number of hydrogen-bond donors (Lipinski definition) is 0. The Labute approximate surface area is 134 Å². The van der Waals surface area contributed by atoms with Crippen LogP contribution in [0.4, 0.5) is 0 Å². The molecule has 1 aliphatic carbocycles. The first-order chi connectivity index (χ1) is 7.86. The molecule has 1 aliphatic rings. The predicted octanol–water partition coefficient (Wildman–Crippen LogP) is 6.04. The molecule has 0 bridgehead atoms. The third kappa shape index (κ3) is 3.63. The Bertz CT molecular complexity index is 320. The Hall–Kier alpha value is 0.701. The molecule has 0 amide bonds.